The first kappa shape index (κ1) is 16.9. The SMILES string of the molecule is Cc1ccc(S(=O)(=O)N2CCN(C[C@@H](C)C#N)CC2)cc1C. The Kier molecular flexibility index (Phi) is 5.22. The third-order valence-corrected chi connectivity index (χ3v) is 6.09. The molecule has 1 atom stereocenters. The summed E-state index contributed by atoms with van der Waals surface area (Å²) >= 11 is 0. The van der Waals surface area contributed by atoms with Crippen molar-refractivity contribution < 1.29 is 8.42 Å². The van der Waals surface area contributed by atoms with Crippen LogP contribution in [0.25, 0.3) is 0 Å². The van der Waals surface area contributed by atoms with Crippen molar-refractivity contribution in [2.75, 3.05) is 32.7 Å². The zero-order chi connectivity index (χ0) is 16.3. The fraction of sp³-hybridized carbons (Fsp3) is 0.562. The van der Waals surface area contributed by atoms with Gasteiger partial charge in [0, 0.05) is 32.7 Å². The summed E-state index contributed by atoms with van der Waals surface area (Å²) in [5.41, 5.74) is 2.08. The van der Waals surface area contributed by atoms with Crippen LogP contribution in [-0.4, -0.2) is 50.3 Å². The number of rotatable bonds is 4. The number of piperazine rings is 1. The van der Waals surface area contributed by atoms with E-state index in [1.54, 1.807) is 16.4 Å². The molecule has 0 radical (unpaired) electrons. The molecule has 1 saturated heterocycles. The zero-order valence-corrected chi connectivity index (χ0v) is 14.2. The van der Waals surface area contributed by atoms with Gasteiger partial charge in [-0.05, 0) is 44.0 Å². The Hall–Kier alpha value is -1.42. The van der Waals surface area contributed by atoms with E-state index in [0.717, 1.165) is 11.1 Å². The molecular formula is C16H23N3O2S. The highest BCUT2D eigenvalue weighted by Gasteiger charge is 2.28. The second-order valence-corrected chi connectivity index (χ2v) is 7.92. The summed E-state index contributed by atoms with van der Waals surface area (Å²) in [6.45, 7) is 8.80. The summed E-state index contributed by atoms with van der Waals surface area (Å²) in [4.78, 5) is 2.52. The van der Waals surface area contributed by atoms with Gasteiger partial charge in [0.1, 0.15) is 0 Å². The lowest BCUT2D eigenvalue weighted by Crippen LogP contribution is -2.49. The topological polar surface area (TPSA) is 64.4 Å². The van der Waals surface area contributed by atoms with Crippen LogP contribution in [0.1, 0.15) is 18.1 Å². The van der Waals surface area contributed by atoms with Gasteiger partial charge in [-0.2, -0.15) is 9.57 Å². The molecule has 0 unspecified atom stereocenters. The molecule has 22 heavy (non-hydrogen) atoms. The van der Waals surface area contributed by atoms with Gasteiger partial charge in [0.25, 0.3) is 0 Å². The number of benzene rings is 1. The normalized spacial score (nSPS) is 18.8. The highest BCUT2D eigenvalue weighted by atomic mass is 32.2. The first-order chi connectivity index (χ1) is 10.3. The molecule has 0 amide bonds. The van der Waals surface area contributed by atoms with E-state index in [0.29, 0.717) is 37.6 Å². The van der Waals surface area contributed by atoms with Crippen molar-refractivity contribution in [1.29, 1.82) is 5.26 Å². The van der Waals surface area contributed by atoms with E-state index in [-0.39, 0.29) is 5.92 Å². The molecule has 1 heterocycles. The summed E-state index contributed by atoms with van der Waals surface area (Å²) in [7, 11) is -3.42. The van der Waals surface area contributed by atoms with Crippen molar-refractivity contribution in [2.45, 2.75) is 25.7 Å². The third kappa shape index (κ3) is 3.67. The molecule has 1 aromatic rings. The van der Waals surface area contributed by atoms with Crippen molar-refractivity contribution >= 4 is 10.0 Å². The minimum absolute atomic E-state index is 0.0251. The Bertz CT molecular complexity index is 671. The molecule has 1 aliphatic rings. The van der Waals surface area contributed by atoms with Crippen LogP contribution < -0.4 is 0 Å². The van der Waals surface area contributed by atoms with E-state index < -0.39 is 10.0 Å². The quantitative estimate of drug-likeness (QED) is 0.848. The van der Waals surface area contributed by atoms with Gasteiger partial charge in [-0.25, -0.2) is 8.42 Å². The van der Waals surface area contributed by atoms with E-state index in [4.69, 9.17) is 5.26 Å². The maximum atomic E-state index is 12.7. The van der Waals surface area contributed by atoms with Gasteiger partial charge in [-0.3, -0.25) is 4.90 Å². The van der Waals surface area contributed by atoms with Gasteiger partial charge in [-0.15, -0.1) is 0 Å². The van der Waals surface area contributed by atoms with E-state index in [1.165, 1.54) is 0 Å². The molecule has 0 aromatic heterocycles. The van der Waals surface area contributed by atoms with Gasteiger partial charge >= 0.3 is 0 Å². The lowest BCUT2D eigenvalue weighted by Gasteiger charge is -2.34. The monoisotopic (exact) mass is 321 g/mol. The van der Waals surface area contributed by atoms with Crippen molar-refractivity contribution in [3.8, 4) is 6.07 Å². The van der Waals surface area contributed by atoms with Gasteiger partial charge in [0.05, 0.1) is 16.9 Å². The number of sulfonamides is 1. The molecule has 2 rings (SSSR count). The second-order valence-electron chi connectivity index (χ2n) is 5.98. The molecule has 0 N–H and O–H groups in total. The summed E-state index contributed by atoms with van der Waals surface area (Å²) in [5, 5.41) is 8.86. The molecule has 5 nitrogen and oxygen atoms in total. The Balaban J connectivity index is 2.06. The minimum atomic E-state index is -3.42. The Morgan fingerprint density at radius 2 is 1.82 bits per heavy atom. The van der Waals surface area contributed by atoms with Crippen molar-refractivity contribution in [3.63, 3.8) is 0 Å². The number of hydrogen-bond acceptors (Lipinski definition) is 4. The molecule has 6 heteroatoms. The Labute approximate surface area is 133 Å². The Morgan fingerprint density at radius 3 is 2.36 bits per heavy atom. The summed E-state index contributed by atoms with van der Waals surface area (Å²) in [6.07, 6.45) is 0. The zero-order valence-electron chi connectivity index (χ0n) is 13.4. The number of nitriles is 1. The van der Waals surface area contributed by atoms with Crippen LogP contribution in [0.3, 0.4) is 0 Å². The molecule has 0 saturated carbocycles. The van der Waals surface area contributed by atoms with E-state index in [1.807, 2.05) is 26.8 Å². The molecule has 120 valence electrons. The molecular weight excluding hydrogens is 298 g/mol. The van der Waals surface area contributed by atoms with Gasteiger partial charge in [-0.1, -0.05) is 6.07 Å². The lowest BCUT2D eigenvalue weighted by atomic mass is 10.1. The van der Waals surface area contributed by atoms with Crippen LogP contribution in [0.2, 0.25) is 0 Å². The largest absolute Gasteiger partial charge is 0.299 e. The fourth-order valence-corrected chi connectivity index (χ4v) is 4.11. The van der Waals surface area contributed by atoms with Crippen LogP contribution in [-0.2, 0) is 10.0 Å². The Morgan fingerprint density at radius 1 is 1.18 bits per heavy atom. The van der Waals surface area contributed by atoms with Gasteiger partial charge < -0.3 is 0 Å². The first-order valence-electron chi connectivity index (χ1n) is 7.54. The molecule has 1 aliphatic heterocycles. The first-order valence-corrected chi connectivity index (χ1v) is 8.98. The number of hydrogen-bond donors (Lipinski definition) is 0. The van der Waals surface area contributed by atoms with Crippen molar-refractivity contribution in [2.24, 2.45) is 5.92 Å². The predicted octanol–water partition coefficient (Wildman–Crippen LogP) is 1.77. The highest BCUT2D eigenvalue weighted by Crippen LogP contribution is 2.20. The molecule has 0 aliphatic carbocycles. The number of nitrogens with zero attached hydrogens (tertiary/aromatic N) is 3. The maximum Gasteiger partial charge on any atom is 0.243 e. The van der Waals surface area contributed by atoms with E-state index in [2.05, 4.69) is 11.0 Å². The maximum absolute atomic E-state index is 12.7. The lowest BCUT2D eigenvalue weighted by molar-refractivity contribution is 0.178. The second kappa shape index (κ2) is 6.78. The summed E-state index contributed by atoms with van der Waals surface area (Å²) in [5.74, 6) is -0.0251. The molecule has 1 aromatic carbocycles. The summed E-state index contributed by atoms with van der Waals surface area (Å²) < 4.78 is 26.9. The minimum Gasteiger partial charge on any atom is -0.299 e. The van der Waals surface area contributed by atoms with Crippen LogP contribution in [0, 0.1) is 31.1 Å². The van der Waals surface area contributed by atoms with Crippen molar-refractivity contribution in [1.82, 2.24) is 9.21 Å². The average molecular weight is 321 g/mol. The van der Waals surface area contributed by atoms with Crippen LogP contribution in [0.4, 0.5) is 0 Å². The van der Waals surface area contributed by atoms with Gasteiger partial charge in [0.15, 0.2) is 0 Å². The molecule has 0 spiro atoms. The van der Waals surface area contributed by atoms with Crippen LogP contribution >= 0.6 is 0 Å². The van der Waals surface area contributed by atoms with E-state index >= 15 is 0 Å². The average Bonchev–Trinajstić information content (AvgIpc) is 2.50. The predicted molar refractivity (Wildman–Crippen MR) is 85.9 cm³/mol. The fourth-order valence-electron chi connectivity index (χ4n) is 2.60. The number of aryl methyl sites for hydroxylation is 2. The van der Waals surface area contributed by atoms with Crippen LogP contribution in [0.5, 0.6) is 0 Å². The van der Waals surface area contributed by atoms with Crippen LogP contribution in [0.15, 0.2) is 23.1 Å². The van der Waals surface area contributed by atoms with Gasteiger partial charge in [0.2, 0.25) is 10.0 Å². The smallest absolute Gasteiger partial charge is 0.243 e. The summed E-state index contributed by atoms with van der Waals surface area (Å²) in [6, 6.07) is 7.50. The molecule has 1 fully saturated rings. The van der Waals surface area contributed by atoms with Crippen molar-refractivity contribution in [3.05, 3.63) is 29.3 Å². The third-order valence-electron chi connectivity index (χ3n) is 4.20. The standard InChI is InChI=1S/C16H23N3O2S/c1-13(11-17)12-18-6-8-19(9-7-18)22(20,21)16-5-4-14(2)15(3)10-16/h4-5,10,13H,6-9,12H2,1-3H3/t13-/m0/s1. The highest BCUT2D eigenvalue weighted by molar-refractivity contribution is 7.89. The molecule has 0 bridgehead atoms. The van der Waals surface area contributed by atoms with E-state index in [9.17, 15) is 8.42 Å².